The molecule has 0 spiro atoms. The van der Waals surface area contributed by atoms with E-state index in [1.165, 1.54) is 10.5 Å². The van der Waals surface area contributed by atoms with E-state index in [-0.39, 0.29) is 5.82 Å². The lowest BCUT2D eigenvalue weighted by molar-refractivity contribution is 0.0733. The highest BCUT2D eigenvalue weighted by Gasteiger charge is 2.25. The molecule has 0 unspecified atom stereocenters. The molecule has 0 saturated carbocycles. The Labute approximate surface area is 121 Å². The summed E-state index contributed by atoms with van der Waals surface area (Å²) in [7, 11) is -3.62. The fraction of sp³-hybridized carbons (Fsp3) is 0.500. The van der Waals surface area contributed by atoms with Crippen LogP contribution in [0.1, 0.15) is 0 Å². The van der Waals surface area contributed by atoms with Gasteiger partial charge in [0, 0.05) is 13.1 Å². The van der Waals surface area contributed by atoms with Crippen LogP contribution >= 0.6 is 31.9 Å². The Bertz CT molecular complexity index is 533. The predicted molar refractivity (Wildman–Crippen MR) is 72.4 cm³/mol. The molecule has 0 aliphatic carbocycles. The molecule has 1 fully saturated rings. The van der Waals surface area contributed by atoms with Crippen LogP contribution in [0.2, 0.25) is 0 Å². The van der Waals surface area contributed by atoms with Crippen LogP contribution < -0.4 is 4.72 Å². The van der Waals surface area contributed by atoms with Crippen LogP contribution in [0, 0.1) is 0 Å². The fourth-order valence-corrected chi connectivity index (χ4v) is 3.58. The predicted octanol–water partition coefficient (Wildman–Crippen LogP) is 0.990. The van der Waals surface area contributed by atoms with E-state index < -0.39 is 10.2 Å². The van der Waals surface area contributed by atoms with Crippen molar-refractivity contribution in [1.82, 2.24) is 14.3 Å². The molecule has 10 heteroatoms. The molecule has 0 bridgehead atoms. The molecule has 100 valence electrons. The Morgan fingerprint density at radius 1 is 1.33 bits per heavy atom. The molecule has 0 atom stereocenters. The van der Waals surface area contributed by atoms with Crippen molar-refractivity contribution >= 4 is 47.9 Å². The number of hydrogen-bond donors (Lipinski definition) is 1. The zero-order valence-corrected chi connectivity index (χ0v) is 13.1. The second-order valence-electron chi connectivity index (χ2n) is 3.45. The summed E-state index contributed by atoms with van der Waals surface area (Å²) < 4.78 is 33.8. The highest BCUT2D eigenvalue weighted by atomic mass is 79.9. The Morgan fingerprint density at radius 3 is 2.61 bits per heavy atom. The number of ether oxygens (including phenoxy) is 1. The quantitative estimate of drug-likeness (QED) is 0.816. The number of aromatic nitrogens is 2. The Balaban J connectivity index is 2.16. The highest BCUT2D eigenvalue weighted by Crippen LogP contribution is 2.21. The molecule has 1 aliphatic rings. The minimum absolute atomic E-state index is 0.157. The largest absolute Gasteiger partial charge is 0.379 e. The monoisotopic (exact) mass is 400 g/mol. The number of anilines is 1. The van der Waals surface area contributed by atoms with Crippen LogP contribution in [0.5, 0.6) is 0 Å². The first-order valence-electron chi connectivity index (χ1n) is 5.03. The zero-order valence-electron chi connectivity index (χ0n) is 9.14. The second kappa shape index (κ2) is 5.78. The van der Waals surface area contributed by atoms with Gasteiger partial charge in [-0.3, -0.25) is 4.72 Å². The summed E-state index contributed by atoms with van der Waals surface area (Å²) in [5.74, 6) is 0.157. The van der Waals surface area contributed by atoms with Crippen LogP contribution in [0.3, 0.4) is 0 Å². The number of morpholine rings is 1. The molecule has 1 aromatic heterocycles. The molecule has 1 saturated heterocycles. The van der Waals surface area contributed by atoms with E-state index in [0.29, 0.717) is 35.5 Å². The van der Waals surface area contributed by atoms with E-state index in [9.17, 15) is 8.42 Å². The van der Waals surface area contributed by atoms with Gasteiger partial charge in [0.25, 0.3) is 0 Å². The zero-order chi connectivity index (χ0) is 13.2. The summed E-state index contributed by atoms with van der Waals surface area (Å²) >= 11 is 6.29. The standard InChI is InChI=1S/C8H10Br2N4O3S/c9-6-5-11-8(7(10)12-6)13-18(15,16)14-1-3-17-4-2-14/h5H,1-4H2,(H,11,13). The topological polar surface area (TPSA) is 84.4 Å². The second-order valence-corrected chi connectivity index (χ2v) is 6.68. The minimum Gasteiger partial charge on any atom is -0.379 e. The number of nitrogens with zero attached hydrogens (tertiary/aromatic N) is 3. The Kier molecular flexibility index (Phi) is 4.54. The van der Waals surface area contributed by atoms with Crippen LogP contribution in [0.15, 0.2) is 15.4 Å². The van der Waals surface area contributed by atoms with E-state index in [0.717, 1.165) is 0 Å². The van der Waals surface area contributed by atoms with E-state index in [1.54, 1.807) is 0 Å². The van der Waals surface area contributed by atoms with Gasteiger partial charge < -0.3 is 4.74 Å². The number of nitrogens with one attached hydrogen (secondary N) is 1. The Hall–Kier alpha value is -0.290. The first kappa shape index (κ1) is 14.1. The van der Waals surface area contributed by atoms with Crippen molar-refractivity contribution in [2.45, 2.75) is 0 Å². The SMILES string of the molecule is O=S(=O)(Nc1ncc(Br)nc1Br)N1CCOCC1. The third kappa shape index (κ3) is 3.38. The Morgan fingerprint density at radius 2 is 2.00 bits per heavy atom. The third-order valence-electron chi connectivity index (χ3n) is 2.24. The summed E-state index contributed by atoms with van der Waals surface area (Å²) in [6, 6.07) is 0. The number of rotatable bonds is 3. The normalized spacial score (nSPS) is 17.7. The number of hydrogen-bond acceptors (Lipinski definition) is 5. The molecule has 0 amide bonds. The molecule has 2 heterocycles. The maximum atomic E-state index is 12.1. The molecule has 2 rings (SSSR count). The van der Waals surface area contributed by atoms with E-state index >= 15 is 0 Å². The average Bonchev–Trinajstić information content (AvgIpc) is 2.34. The van der Waals surface area contributed by atoms with Crippen LogP contribution in [0.25, 0.3) is 0 Å². The van der Waals surface area contributed by atoms with Crippen LogP contribution in [-0.4, -0.2) is 49.0 Å². The van der Waals surface area contributed by atoms with Gasteiger partial charge in [-0.15, -0.1) is 0 Å². The summed E-state index contributed by atoms with van der Waals surface area (Å²) in [5, 5.41) is 0. The van der Waals surface area contributed by atoms with E-state index in [1.807, 2.05) is 0 Å². The fourth-order valence-electron chi connectivity index (χ4n) is 1.39. The smallest absolute Gasteiger partial charge is 0.303 e. The summed E-state index contributed by atoms with van der Waals surface area (Å²) in [6.45, 7) is 1.45. The van der Waals surface area contributed by atoms with Gasteiger partial charge in [-0.2, -0.15) is 12.7 Å². The van der Waals surface area contributed by atoms with Crippen molar-refractivity contribution in [2.75, 3.05) is 31.0 Å². The summed E-state index contributed by atoms with van der Waals surface area (Å²) in [5.41, 5.74) is 0. The first-order valence-corrected chi connectivity index (χ1v) is 8.05. The van der Waals surface area contributed by atoms with Crippen LogP contribution in [0.4, 0.5) is 5.82 Å². The maximum Gasteiger partial charge on any atom is 0.303 e. The first-order chi connectivity index (χ1) is 8.49. The molecular weight excluding hydrogens is 392 g/mol. The van der Waals surface area contributed by atoms with Crippen LogP contribution in [-0.2, 0) is 14.9 Å². The van der Waals surface area contributed by atoms with Gasteiger partial charge in [-0.05, 0) is 31.9 Å². The van der Waals surface area contributed by atoms with Crippen molar-refractivity contribution in [2.24, 2.45) is 0 Å². The van der Waals surface area contributed by atoms with Gasteiger partial charge in [0.1, 0.15) is 4.60 Å². The highest BCUT2D eigenvalue weighted by molar-refractivity contribution is 9.11. The third-order valence-corrected chi connectivity index (χ3v) is 4.67. The van der Waals surface area contributed by atoms with Crippen molar-refractivity contribution in [3.05, 3.63) is 15.4 Å². The van der Waals surface area contributed by atoms with Gasteiger partial charge in [-0.25, -0.2) is 9.97 Å². The molecule has 0 aromatic carbocycles. The van der Waals surface area contributed by atoms with E-state index in [4.69, 9.17) is 4.74 Å². The van der Waals surface area contributed by atoms with Gasteiger partial charge in [0.2, 0.25) is 0 Å². The lowest BCUT2D eigenvalue weighted by atomic mass is 10.5. The van der Waals surface area contributed by atoms with Crippen molar-refractivity contribution < 1.29 is 13.2 Å². The van der Waals surface area contributed by atoms with Crippen molar-refractivity contribution in [3.8, 4) is 0 Å². The maximum absolute atomic E-state index is 12.1. The lowest BCUT2D eigenvalue weighted by Crippen LogP contribution is -2.43. The molecule has 1 aliphatic heterocycles. The van der Waals surface area contributed by atoms with Gasteiger partial charge in [-0.1, -0.05) is 0 Å². The average molecular weight is 402 g/mol. The van der Waals surface area contributed by atoms with Crippen molar-refractivity contribution in [1.29, 1.82) is 0 Å². The van der Waals surface area contributed by atoms with Gasteiger partial charge in [0.05, 0.1) is 19.4 Å². The number of halogens is 2. The van der Waals surface area contributed by atoms with Crippen molar-refractivity contribution in [3.63, 3.8) is 0 Å². The summed E-state index contributed by atoms with van der Waals surface area (Å²) in [4.78, 5) is 7.96. The van der Waals surface area contributed by atoms with Gasteiger partial charge >= 0.3 is 10.2 Å². The van der Waals surface area contributed by atoms with E-state index in [2.05, 4.69) is 46.5 Å². The molecule has 18 heavy (non-hydrogen) atoms. The molecular formula is C8H10Br2N4O3S. The molecule has 7 nitrogen and oxygen atoms in total. The minimum atomic E-state index is -3.62. The molecule has 1 N–H and O–H groups in total. The summed E-state index contributed by atoms with van der Waals surface area (Å²) in [6.07, 6.45) is 1.42. The molecule has 0 radical (unpaired) electrons. The van der Waals surface area contributed by atoms with Gasteiger partial charge in [0.15, 0.2) is 10.4 Å². The molecule has 1 aromatic rings. The lowest BCUT2D eigenvalue weighted by Gasteiger charge is -2.26.